The molecule has 7 heteroatoms. The normalized spacial score (nSPS) is 16.7. The molecule has 0 aliphatic heterocycles. The minimum atomic E-state index is -0.825. The molecule has 1 aromatic carbocycles. The molecule has 22 heavy (non-hydrogen) atoms. The lowest BCUT2D eigenvalue weighted by Crippen LogP contribution is -2.44. The van der Waals surface area contributed by atoms with Crippen molar-refractivity contribution in [2.24, 2.45) is 7.05 Å². The van der Waals surface area contributed by atoms with Crippen molar-refractivity contribution in [1.82, 2.24) is 20.1 Å². The molecule has 0 spiro atoms. The van der Waals surface area contributed by atoms with Gasteiger partial charge in [-0.2, -0.15) is 0 Å². The highest BCUT2D eigenvalue weighted by Crippen LogP contribution is 2.40. The van der Waals surface area contributed by atoms with E-state index in [2.05, 4.69) is 15.4 Å². The minimum absolute atomic E-state index is 0.0382. The number of aryl methyl sites for hydroxylation is 1. The second-order valence-corrected chi connectivity index (χ2v) is 5.61. The van der Waals surface area contributed by atoms with Crippen molar-refractivity contribution >= 4 is 5.91 Å². The van der Waals surface area contributed by atoms with Crippen molar-refractivity contribution < 1.29 is 13.6 Å². The molecule has 5 nitrogen and oxygen atoms in total. The first-order chi connectivity index (χ1) is 10.5. The standard InChI is InChI=1S/C15H16F2N4O/c1-21-9-18-13(20-21)14(22)19-15(6-2-3-7-15)11-5-4-10(16)8-12(11)17/h4-5,8-9H,2-3,6-7H2,1H3,(H,19,22). The highest BCUT2D eigenvalue weighted by molar-refractivity contribution is 5.91. The second-order valence-electron chi connectivity index (χ2n) is 5.61. The lowest BCUT2D eigenvalue weighted by atomic mass is 9.87. The van der Waals surface area contributed by atoms with Gasteiger partial charge in [0.1, 0.15) is 18.0 Å². The first-order valence-corrected chi connectivity index (χ1v) is 7.14. The van der Waals surface area contributed by atoms with Crippen molar-refractivity contribution in [3.63, 3.8) is 0 Å². The molecule has 1 N–H and O–H groups in total. The largest absolute Gasteiger partial charge is 0.340 e. The number of nitrogens with zero attached hydrogens (tertiary/aromatic N) is 3. The Balaban J connectivity index is 1.93. The smallest absolute Gasteiger partial charge is 0.291 e. The Morgan fingerprint density at radius 3 is 2.64 bits per heavy atom. The van der Waals surface area contributed by atoms with E-state index in [1.165, 1.54) is 23.1 Å². The third-order valence-corrected chi connectivity index (χ3v) is 4.06. The second kappa shape index (κ2) is 5.47. The van der Waals surface area contributed by atoms with Crippen molar-refractivity contribution in [1.29, 1.82) is 0 Å². The summed E-state index contributed by atoms with van der Waals surface area (Å²) in [7, 11) is 1.66. The van der Waals surface area contributed by atoms with Crippen LogP contribution in [0.15, 0.2) is 24.5 Å². The SMILES string of the molecule is Cn1cnc(C(=O)NC2(c3ccc(F)cc3F)CCCC2)n1. The number of halogens is 2. The summed E-state index contributed by atoms with van der Waals surface area (Å²) < 4.78 is 28.7. The van der Waals surface area contributed by atoms with Crippen LogP contribution in [0.5, 0.6) is 0 Å². The van der Waals surface area contributed by atoms with Gasteiger partial charge in [0.05, 0.1) is 5.54 Å². The topological polar surface area (TPSA) is 59.8 Å². The summed E-state index contributed by atoms with van der Waals surface area (Å²) in [6, 6.07) is 3.46. The molecule has 0 bridgehead atoms. The lowest BCUT2D eigenvalue weighted by molar-refractivity contribution is 0.0885. The number of benzene rings is 1. The van der Waals surface area contributed by atoms with Crippen LogP contribution < -0.4 is 5.32 Å². The summed E-state index contributed by atoms with van der Waals surface area (Å²) in [4.78, 5) is 16.2. The van der Waals surface area contributed by atoms with Crippen molar-refractivity contribution in [3.05, 3.63) is 47.5 Å². The molecule has 0 radical (unpaired) electrons. The van der Waals surface area contributed by atoms with Crippen LogP contribution in [0.2, 0.25) is 0 Å². The van der Waals surface area contributed by atoms with E-state index in [9.17, 15) is 13.6 Å². The van der Waals surface area contributed by atoms with Gasteiger partial charge in [-0.15, -0.1) is 5.10 Å². The summed E-state index contributed by atoms with van der Waals surface area (Å²) >= 11 is 0. The summed E-state index contributed by atoms with van der Waals surface area (Å²) in [6.07, 6.45) is 4.37. The number of rotatable bonds is 3. The first kappa shape index (κ1) is 14.6. The van der Waals surface area contributed by atoms with Crippen LogP contribution >= 0.6 is 0 Å². The van der Waals surface area contributed by atoms with E-state index in [4.69, 9.17) is 0 Å². The Kier molecular flexibility index (Phi) is 3.64. The summed E-state index contributed by atoms with van der Waals surface area (Å²) in [5.74, 6) is -1.69. The number of carbonyl (C=O) groups is 1. The van der Waals surface area contributed by atoms with Crippen molar-refractivity contribution in [3.8, 4) is 0 Å². The molecule has 0 unspecified atom stereocenters. The number of carbonyl (C=O) groups excluding carboxylic acids is 1. The van der Waals surface area contributed by atoms with E-state index in [0.29, 0.717) is 18.4 Å². The highest BCUT2D eigenvalue weighted by atomic mass is 19.1. The number of hydrogen-bond acceptors (Lipinski definition) is 3. The van der Waals surface area contributed by atoms with Gasteiger partial charge < -0.3 is 5.32 Å². The lowest BCUT2D eigenvalue weighted by Gasteiger charge is -2.30. The van der Waals surface area contributed by atoms with Gasteiger partial charge in [0.25, 0.3) is 5.91 Å². The molecule has 0 atom stereocenters. The zero-order valence-corrected chi connectivity index (χ0v) is 12.1. The molecule has 1 saturated carbocycles. The molecule has 1 aliphatic carbocycles. The van der Waals surface area contributed by atoms with E-state index in [1.54, 1.807) is 7.05 Å². The van der Waals surface area contributed by atoms with Gasteiger partial charge in [-0.25, -0.2) is 13.8 Å². The number of hydrogen-bond donors (Lipinski definition) is 1. The zero-order chi connectivity index (χ0) is 15.7. The molecule has 1 heterocycles. The number of nitrogens with one attached hydrogen (secondary N) is 1. The van der Waals surface area contributed by atoms with Crippen LogP contribution in [-0.2, 0) is 12.6 Å². The van der Waals surface area contributed by atoms with Gasteiger partial charge in [0, 0.05) is 18.7 Å². The predicted octanol–water partition coefficient (Wildman–Crippen LogP) is 2.29. The first-order valence-electron chi connectivity index (χ1n) is 7.14. The molecule has 116 valence electrons. The van der Waals surface area contributed by atoms with Gasteiger partial charge in [-0.3, -0.25) is 9.48 Å². The molecular formula is C15H16F2N4O. The van der Waals surface area contributed by atoms with E-state index < -0.39 is 23.1 Å². The molecular weight excluding hydrogens is 290 g/mol. The van der Waals surface area contributed by atoms with Crippen LogP contribution in [0.1, 0.15) is 41.9 Å². The minimum Gasteiger partial charge on any atom is -0.340 e. The Labute approximate surface area is 126 Å². The van der Waals surface area contributed by atoms with E-state index in [0.717, 1.165) is 18.9 Å². The van der Waals surface area contributed by atoms with Crippen LogP contribution in [0, 0.1) is 11.6 Å². The van der Waals surface area contributed by atoms with Gasteiger partial charge in [-0.1, -0.05) is 18.9 Å². The maximum absolute atomic E-state index is 14.2. The average molecular weight is 306 g/mol. The maximum Gasteiger partial charge on any atom is 0.291 e. The third kappa shape index (κ3) is 2.58. The molecule has 0 saturated heterocycles. The summed E-state index contributed by atoms with van der Waals surface area (Å²) in [5.41, 5.74) is -0.510. The molecule has 3 rings (SSSR count). The fourth-order valence-electron chi connectivity index (χ4n) is 3.03. The van der Waals surface area contributed by atoms with Gasteiger partial charge in [-0.05, 0) is 18.9 Å². The molecule has 1 aromatic heterocycles. The highest BCUT2D eigenvalue weighted by Gasteiger charge is 2.39. The van der Waals surface area contributed by atoms with E-state index in [1.807, 2.05) is 0 Å². The van der Waals surface area contributed by atoms with Gasteiger partial charge in [0.15, 0.2) is 0 Å². The van der Waals surface area contributed by atoms with Crippen molar-refractivity contribution in [2.75, 3.05) is 0 Å². The molecule has 1 fully saturated rings. The predicted molar refractivity (Wildman–Crippen MR) is 75.0 cm³/mol. The Morgan fingerprint density at radius 1 is 1.32 bits per heavy atom. The van der Waals surface area contributed by atoms with E-state index >= 15 is 0 Å². The Morgan fingerprint density at radius 2 is 2.05 bits per heavy atom. The Bertz CT molecular complexity index is 707. The van der Waals surface area contributed by atoms with Gasteiger partial charge in [0.2, 0.25) is 5.82 Å². The van der Waals surface area contributed by atoms with Gasteiger partial charge >= 0.3 is 0 Å². The third-order valence-electron chi connectivity index (χ3n) is 4.06. The quantitative estimate of drug-likeness (QED) is 0.946. The van der Waals surface area contributed by atoms with Crippen LogP contribution in [-0.4, -0.2) is 20.7 Å². The fraction of sp³-hybridized carbons (Fsp3) is 0.400. The molecule has 1 aliphatic rings. The zero-order valence-electron chi connectivity index (χ0n) is 12.1. The summed E-state index contributed by atoms with van der Waals surface area (Å²) in [6.45, 7) is 0. The number of amides is 1. The Hall–Kier alpha value is -2.31. The van der Waals surface area contributed by atoms with E-state index in [-0.39, 0.29) is 5.82 Å². The van der Waals surface area contributed by atoms with Crippen LogP contribution in [0.4, 0.5) is 8.78 Å². The summed E-state index contributed by atoms with van der Waals surface area (Å²) in [5, 5.41) is 6.81. The molecule has 2 aromatic rings. The number of aromatic nitrogens is 3. The van der Waals surface area contributed by atoms with Crippen molar-refractivity contribution in [2.45, 2.75) is 31.2 Å². The molecule has 1 amide bonds. The maximum atomic E-state index is 14.2. The fourth-order valence-corrected chi connectivity index (χ4v) is 3.03. The van der Waals surface area contributed by atoms with Crippen LogP contribution in [0.3, 0.4) is 0 Å². The van der Waals surface area contributed by atoms with Crippen LogP contribution in [0.25, 0.3) is 0 Å². The monoisotopic (exact) mass is 306 g/mol. The average Bonchev–Trinajstić information content (AvgIpc) is 3.08.